The Labute approximate surface area is 243 Å². The van der Waals surface area contributed by atoms with E-state index in [4.69, 9.17) is 4.74 Å². The summed E-state index contributed by atoms with van der Waals surface area (Å²) < 4.78 is 5.85. The topological polar surface area (TPSA) is 131 Å². The third kappa shape index (κ3) is 4.93. The van der Waals surface area contributed by atoms with Gasteiger partial charge in [-0.3, -0.25) is 9.59 Å². The zero-order valence-corrected chi connectivity index (χ0v) is 24.2. The number of aromatic hydroxyl groups is 1. The molecule has 1 unspecified atom stereocenters. The molecule has 0 spiro atoms. The van der Waals surface area contributed by atoms with Crippen LogP contribution in [0.1, 0.15) is 106 Å². The van der Waals surface area contributed by atoms with Crippen LogP contribution in [0, 0.1) is 0 Å². The number of esters is 1. The van der Waals surface area contributed by atoms with Crippen LogP contribution < -0.4 is 4.74 Å². The summed E-state index contributed by atoms with van der Waals surface area (Å²) in [5.41, 5.74) is 1.17. The molecule has 0 saturated heterocycles. The lowest BCUT2D eigenvalue weighted by atomic mass is 9.78. The zero-order valence-electron chi connectivity index (χ0n) is 24.2. The number of fused-ring (bicyclic) bond motifs is 2. The summed E-state index contributed by atoms with van der Waals surface area (Å²) in [7, 11) is 0. The molecule has 0 saturated carbocycles. The van der Waals surface area contributed by atoms with E-state index < -0.39 is 40.3 Å². The van der Waals surface area contributed by atoms with Gasteiger partial charge in [-0.1, -0.05) is 59.7 Å². The van der Waals surface area contributed by atoms with Gasteiger partial charge in [0.15, 0.2) is 17.3 Å². The molecule has 8 heteroatoms. The minimum absolute atomic E-state index is 0.0446. The summed E-state index contributed by atoms with van der Waals surface area (Å²) in [6.45, 7) is 11.7. The molecule has 0 bridgehead atoms. The summed E-state index contributed by atoms with van der Waals surface area (Å²) >= 11 is 0. The van der Waals surface area contributed by atoms with Gasteiger partial charge in [-0.05, 0) is 53.3 Å². The molecule has 214 valence electrons. The number of aromatic carboxylic acids is 1. The van der Waals surface area contributed by atoms with Gasteiger partial charge in [-0.15, -0.1) is 0 Å². The highest BCUT2D eigenvalue weighted by molar-refractivity contribution is 6.30. The van der Waals surface area contributed by atoms with Gasteiger partial charge in [-0.2, -0.15) is 0 Å². The number of phenolic OH excluding ortho intramolecular Hbond substituents is 1. The van der Waals surface area contributed by atoms with Crippen molar-refractivity contribution >= 4 is 34.4 Å². The van der Waals surface area contributed by atoms with Crippen LogP contribution in [0.3, 0.4) is 0 Å². The van der Waals surface area contributed by atoms with Gasteiger partial charge in [0.05, 0.1) is 16.8 Å². The Kier molecular flexibility index (Phi) is 6.76. The number of nitrogens with zero attached hydrogens (tertiary/aromatic N) is 1. The van der Waals surface area contributed by atoms with Crippen LogP contribution in [0.4, 0.5) is 0 Å². The lowest BCUT2D eigenvalue weighted by Gasteiger charge is -2.28. The monoisotopic (exact) mass is 565 g/mol. The number of aromatic nitrogens is 1. The number of ketones is 2. The van der Waals surface area contributed by atoms with Crippen molar-refractivity contribution in [1.82, 2.24) is 4.98 Å². The first-order valence-corrected chi connectivity index (χ1v) is 13.5. The maximum Gasteiger partial charge on any atom is 0.343 e. The van der Waals surface area contributed by atoms with Gasteiger partial charge < -0.3 is 14.9 Å². The predicted molar refractivity (Wildman–Crippen MR) is 157 cm³/mol. The molecule has 1 aliphatic carbocycles. The molecule has 5 rings (SSSR count). The van der Waals surface area contributed by atoms with Crippen LogP contribution >= 0.6 is 0 Å². The fourth-order valence-corrected chi connectivity index (χ4v) is 5.23. The van der Waals surface area contributed by atoms with Crippen molar-refractivity contribution < 1.29 is 34.1 Å². The van der Waals surface area contributed by atoms with Crippen molar-refractivity contribution in [2.75, 3.05) is 0 Å². The van der Waals surface area contributed by atoms with Gasteiger partial charge in [-0.25, -0.2) is 14.6 Å². The van der Waals surface area contributed by atoms with Crippen LogP contribution in [-0.2, 0) is 10.8 Å². The van der Waals surface area contributed by atoms with E-state index in [1.807, 2.05) is 41.5 Å². The molecule has 0 aliphatic heterocycles. The number of pyridine rings is 1. The third-order valence-electron chi connectivity index (χ3n) is 7.49. The fourth-order valence-electron chi connectivity index (χ4n) is 5.23. The summed E-state index contributed by atoms with van der Waals surface area (Å²) in [5, 5.41) is 21.0. The number of carbonyl (C=O) groups is 4. The number of carboxylic acids is 1. The molecule has 1 aliphatic rings. The minimum Gasteiger partial charge on any atom is -0.507 e. The average Bonchev–Trinajstić information content (AvgIpc) is 3.16. The van der Waals surface area contributed by atoms with E-state index in [-0.39, 0.29) is 45.0 Å². The Hall–Kier alpha value is -4.85. The molecule has 2 N–H and O–H groups in total. The molecule has 1 heterocycles. The number of hydrogen-bond donors (Lipinski definition) is 2. The number of phenols is 1. The second kappa shape index (κ2) is 9.91. The van der Waals surface area contributed by atoms with Crippen molar-refractivity contribution in [3.8, 4) is 11.5 Å². The van der Waals surface area contributed by atoms with Crippen LogP contribution in [-0.4, -0.2) is 38.7 Å². The van der Waals surface area contributed by atoms with E-state index in [2.05, 4.69) is 4.98 Å². The average molecular weight is 566 g/mol. The number of para-hydroxylation sites is 1. The van der Waals surface area contributed by atoms with Crippen molar-refractivity contribution in [1.29, 1.82) is 0 Å². The van der Waals surface area contributed by atoms with Crippen LogP contribution in [0.5, 0.6) is 11.5 Å². The highest BCUT2D eigenvalue weighted by Crippen LogP contribution is 2.40. The van der Waals surface area contributed by atoms with Crippen LogP contribution in [0.15, 0.2) is 60.7 Å². The summed E-state index contributed by atoms with van der Waals surface area (Å²) in [5.74, 6) is -3.80. The van der Waals surface area contributed by atoms with Gasteiger partial charge >= 0.3 is 11.9 Å². The van der Waals surface area contributed by atoms with Crippen molar-refractivity contribution in [3.63, 3.8) is 0 Å². The first-order chi connectivity index (χ1) is 19.6. The minimum atomic E-state index is -1.24. The second-order valence-electron chi connectivity index (χ2n) is 12.6. The first kappa shape index (κ1) is 28.7. The van der Waals surface area contributed by atoms with E-state index in [1.54, 1.807) is 42.5 Å². The van der Waals surface area contributed by atoms with Gasteiger partial charge in [0.1, 0.15) is 17.2 Å². The molecular weight excluding hydrogens is 534 g/mol. The standard InChI is InChI=1S/C34H31NO7/c1-33(2,3)22-15-19(16-23(30(22)38)34(4,5)6)32(41)42-25-9-7-8-17-11-13-24(35-27(17)25)26-28(36)20-12-10-18(31(39)40)14-21(20)29(26)37/h7-16,26,38H,1-6H3,(H,39,40). The Morgan fingerprint density at radius 2 is 1.40 bits per heavy atom. The smallest absolute Gasteiger partial charge is 0.343 e. The number of hydrogen-bond acceptors (Lipinski definition) is 7. The number of benzene rings is 3. The van der Waals surface area contributed by atoms with Gasteiger partial charge in [0, 0.05) is 27.6 Å². The molecule has 42 heavy (non-hydrogen) atoms. The van der Waals surface area contributed by atoms with E-state index in [0.29, 0.717) is 16.5 Å². The molecule has 0 fully saturated rings. The Morgan fingerprint density at radius 3 is 2.00 bits per heavy atom. The quantitative estimate of drug-likeness (QED) is 0.160. The molecule has 3 aromatic carbocycles. The lowest BCUT2D eigenvalue weighted by Crippen LogP contribution is -2.20. The molecule has 4 aromatic rings. The maximum absolute atomic E-state index is 13.5. The van der Waals surface area contributed by atoms with Crippen molar-refractivity contribution in [3.05, 3.63) is 99.7 Å². The van der Waals surface area contributed by atoms with Gasteiger partial charge in [0.2, 0.25) is 0 Å². The molecule has 8 nitrogen and oxygen atoms in total. The Bertz CT molecular complexity index is 1790. The SMILES string of the molecule is CC(C)(C)c1cc(C(=O)Oc2cccc3ccc(C4C(=O)c5ccc(C(=O)O)cc5C4=O)nc23)cc(C(C)(C)C)c1O. The highest BCUT2D eigenvalue weighted by Gasteiger charge is 2.41. The summed E-state index contributed by atoms with van der Waals surface area (Å²) in [6.07, 6.45) is 0. The van der Waals surface area contributed by atoms with E-state index in [9.17, 15) is 29.4 Å². The highest BCUT2D eigenvalue weighted by atomic mass is 16.5. The largest absolute Gasteiger partial charge is 0.507 e. The summed E-state index contributed by atoms with van der Waals surface area (Å²) in [6, 6.07) is 15.4. The lowest BCUT2D eigenvalue weighted by molar-refractivity contribution is 0.0694. The number of carboxylic acid groups (broad SMARTS) is 1. The Balaban J connectivity index is 1.54. The normalized spacial score (nSPS) is 15.1. The molecule has 1 atom stereocenters. The number of carbonyl (C=O) groups excluding carboxylic acids is 3. The third-order valence-corrected chi connectivity index (χ3v) is 7.49. The number of Topliss-reactive ketones (excluding diaryl/α,β-unsaturated/α-hetero) is 2. The number of ether oxygens (including phenoxy) is 1. The molecule has 0 radical (unpaired) electrons. The van der Waals surface area contributed by atoms with Crippen LogP contribution in [0.25, 0.3) is 10.9 Å². The molecule has 0 amide bonds. The predicted octanol–water partition coefficient (Wildman–Crippen LogP) is 6.62. The summed E-state index contributed by atoms with van der Waals surface area (Å²) in [4.78, 5) is 56.0. The van der Waals surface area contributed by atoms with E-state index in [1.165, 1.54) is 18.2 Å². The number of rotatable bonds is 4. The molecule has 1 aromatic heterocycles. The zero-order chi connectivity index (χ0) is 30.7. The Morgan fingerprint density at radius 1 is 0.786 bits per heavy atom. The van der Waals surface area contributed by atoms with Crippen LogP contribution in [0.2, 0.25) is 0 Å². The van der Waals surface area contributed by atoms with Gasteiger partial charge in [0.25, 0.3) is 0 Å². The molecular formula is C34H31NO7. The van der Waals surface area contributed by atoms with E-state index in [0.717, 1.165) is 0 Å². The first-order valence-electron chi connectivity index (χ1n) is 13.5. The van der Waals surface area contributed by atoms with E-state index >= 15 is 0 Å². The van der Waals surface area contributed by atoms with Crippen molar-refractivity contribution in [2.45, 2.75) is 58.3 Å². The van der Waals surface area contributed by atoms with Crippen molar-refractivity contribution in [2.24, 2.45) is 0 Å². The fraction of sp³-hybridized carbons (Fsp3) is 0.265. The second-order valence-corrected chi connectivity index (χ2v) is 12.6. The maximum atomic E-state index is 13.5.